The van der Waals surface area contributed by atoms with E-state index in [2.05, 4.69) is 23.6 Å². The van der Waals surface area contributed by atoms with Gasteiger partial charge in [0, 0.05) is 19.1 Å². The van der Waals surface area contributed by atoms with Crippen molar-refractivity contribution in [3.63, 3.8) is 0 Å². The van der Waals surface area contributed by atoms with E-state index in [1.54, 1.807) is 0 Å². The Balaban J connectivity index is 1.81. The van der Waals surface area contributed by atoms with Crippen LogP contribution in [0.5, 0.6) is 0 Å². The third-order valence-electron chi connectivity index (χ3n) is 3.81. The van der Waals surface area contributed by atoms with Gasteiger partial charge in [-0.15, -0.1) is 0 Å². The second kappa shape index (κ2) is 4.81. The number of rotatable bonds is 3. The van der Waals surface area contributed by atoms with Crippen molar-refractivity contribution in [2.75, 3.05) is 26.2 Å². The Bertz CT molecular complexity index is 204. The highest BCUT2D eigenvalue weighted by Gasteiger charge is 2.30. The van der Waals surface area contributed by atoms with Crippen molar-refractivity contribution in [2.24, 2.45) is 5.92 Å². The smallest absolute Gasteiger partial charge is 0.107 e. The van der Waals surface area contributed by atoms with Gasteiger partial charge in [0.05, 0.1) is 0 Å². The Morgan fingerprint density at radius 2 is 2.00 bits per heavy atom. The highest BCUT2D eigenvalue weighted by atomic mass is 16.3. The van der Waals surface area contributed by atoms with Crippen molar-refractivity contribution >= 4 is 0 Å². The van der Waals surface area contributed by atoms with E-state index in [4.69, 9.17) is 0 Å². The molecule has 2 saturated heterocycles. The third-order valence-corrected chi connectivity index (χ3v) is 3.81. The molecule has 0 bridgehead atoms. The van der Waals surface area contributed by atoms with Crippen LogP contribution in [0, 0.1) is 5.92 Å². The molecule has 2 rings (SSSR count). The molecule has 3 heteroatoms. The first-order valence-electron chi connectivity index (χ1n) is 6.33. The van der Waals surface area contributed by atoms with Crippen molar-refractivity contribution in [1.29, 1.82) is 0 Å². The van der Waals surface area contributed by atoms with Crippen LogP contribution < -0.4 is 0 Å². The third kappa shape index (κ3) is 2.71. The lowest BCUT2D eigenvalue weighted by Gasteiger charge is -2.42. The van der Waals surface area contributed by atoms with Crippen molar-refractivity contribution < 1.29 is 5.11 Å². The minimum Gasteiger partial charge on any atom is -0.378 e. The summed E-state index contributed by atoms with van der Waals surface area (Å²) in [5, 5.41) is 9.87. The van der Waals surface area contributed by atoms with Gasteiger partial charge in [0.25, 0.3) is 0 Å². The van der Waals surface area contributed by atoms with Gasteiger partial charge < -0.3 is 10.0 Å². The predicted octanol–water partition coefficient (Wildman–Crippen LogP) is 1.13. The van der Waals surface area contributed by atoms with Gasteiger partial charge in [-0.25, -0.2) is 0 Å². The summed E-state index contributed by atoms with van der Waals surface area (Å²) in [6.45, 7) is 9.26. The predicted molar refractivity (Wildman–Crippen MR) is 61.6 cm³/mol. The number of aliphatic hydroxyl groups excluding tert-OH is 1. The van der Waals surface area contributed by atoms with Gasteiger partial charge in [-0.2, -0.15) is 0 Å². The molecule has 0 saturated carbocycles. The minimum atomic E-state index is -0.197. The first kappa shape index (κ1) is 11.4. The molecule has 2 atom stereocenters. The Morgan fingerprint density at radius 3 is 2.53 bits per heavy atom. The van der Waals surface area contributed by atoms with Crippen molar-refractivity contribution in [1.82, 2.24) is 9.80 Å². The molecule has 0 aromatic rings. The van der Waals surface area contributed by atoms with Gasteiger partial charge in [0.1, 0.15) is 6.23 Å². The summed E-state index contributed by atoms with van der Waals surface area (Å²) in [5.41, 5.74) is 0. The number of piperidine rings is 1. The van der Waals surface area contributed by atoms with Crippen LogP contribution in [0.3, 0.4) is 0 Å². The maximum Gasteiger partial charge on any atom is 0.107 e. The van der Waals surface area contributed by atoms with Crippen LogP contribution in [0.2, 0.25) is 0 Å². The van der Waals surface area contributed by atoms with Gasteiger partial charge in [-0.1, -0.05) is 0 Å². The zero-order chi connectivity index (χ0) is 10.8. The van der Waals surface area contributed by atoms with E-state index in [9.17, 15) is 5.11 Å². The first-order valence-corrected chi connectivity index (χ1v) is 6.33. The van der Waals surface area contributed by atoms with Crippen molar-refractivity contribution in [3.8, 4) is 0 Å². The molecule has 1 N–H and O–H groups in total. The molecule has 15 heavy (non-hydrogen) atoms. The summed E-state index contributed by atoms with van der Waals surface area (Å²) in [5.74, 6) is 0.774. The fraction of sp³-hybridized carbons (Fsp3) is 1.00. The average Bonchev–Trinajstić information content (AvgIpc) is 2.13. The fourth-order valence-corrected chi connectivity index (χ4v) is 2.70. The summed E-state index contributed by atoms with van der Waals surface area (Å²) < 4.78 is 0. The molecule has 0 amide bonds. The molecule has 0 aliphatic carbocycles. The van der Waals surface area contributed by atoms with E-state index in [0.717, 1.165) is 18.9 Å². The highest BCUT2D eigenvalue weighted by molar-refractivity contribution is 4.81. The second-order valence-electron chi connectivity index (χ2n) is 5.37. The molecule has 2 unspecified atom stereocenters. The normalized spacial score (nSPS) is 34.4. The maximum absolute atomic E-state index is 9.87. The molecule has 2 fully saturated rings. The van der Waals surface area contributed by atoms with E-state index in [1.807, 2.05) is 0 Å². The van der Waals surface area contributed by atoms with E-state index in [0.29, 0.717) is 6.04 Å². The lowest BCUT2D eigenvalue weighted by molar-refractivity contribution is -0.0650. The van der Waals surface area contributed by atoms with Gasteiger partial charge in [-0.3, -0.25) is 4.90 Å². The summed E-state index contributed by atoms with van der Waals surface area (Å²) in [7, 11) is 0. The van der Waals surface area contributed by atoms with Crippen LogP contribution >= 0.6 is 0 Å². The Labute approximate surface area is 93.1 Å². The lowest BCUT2D eigenvalue weighted by atomic mass is 9.94. The molecule has 0 spiro atoms. The zero-order valence-corrected chi connectivity index (χ0v) is 10.0. The van der Waals surface area contributed by atoms with Gasteiger partial charge >= 0.3 is 0 Å². The Morgan fingerprint density at radius 1 is 1.27 bits per heavy atom. The van der Waals surface area contributed by atoms with Crippen LogP contribution in [0.1, 0.15) is 33.1 Å². The molecule has 0 aromatic heterocycles. The highest BCUT2D eigenvalue weighted by Crippen LogP contribution is 2.24. The largest absolute Gasteiger partial charge is 0.378 e. The number of aliphatic hydroxyl groups is 1. The zero-order valence-electron chi connectivity index (χ0n) is 10.0. The molecule has 3 nitrogen and oxygen atoms in total. The number of likely N-dealkylation sites (tertiary alicyclic amines) is 2. The summed E-state index contributed by atoms with van der Waals surface area (Å²) in [6.07, 6.45) is 3.33. The van der Waals surface area contributed by atoms with E-state index < -0.39 is 0 Å². The Kier molecular flexibility index (Phi) is 3.65. The molecular weight excluding hydrogens is 188 g/mol. The van der Waals surface area contributed by atoms with Gasteiger partial charge in [-0.05, 0) is 52.1 Å². The lowest BCUT2D eigenvalue weighted by Crippen LogP contribution is -2.50. The SMILES string of the molecule is CC(C)N1CC(CN2CCC2)CCC1O. The summed E-state index contributed by atoms with van der Waals surface area (Å²) in [4.78, 5) is 4.79. The average molecular weight is 212 g/mol. The van der Waals surface area contributed by atoms with Gasteiger partial charge in [0.2, 0.25) is 0 Å². The van der Waals surface area contributed by atoms with Crippen molar-refractivity contribution in [2.45, 2.75) is 45.4 Å². The molecule has 0 aromatic carbocycles. The number of hydrogen-bond acceptors (Lipinski definition) is 3. The molecule has 2 heterocycles. The quantitative estimate of drug-likeness (QED) is 0.760. The minimum absolute atomic E-state index is 0.197. The Hall–Kier alpha value is -0.120. The first-order chi connectivity index (χ1) is 7.16. The van der Waals surface area contributed by atoms with Crippen LogP contribution in [-0.4, -0.2) is 53.4 Å². The van der Waals surface area contributed by atoms with Crippen LogP contribution in [0.15, 0.2) is 0 Å². The molecule has 0 radical (unpaired) electrons. The van der Waals surface area contributed by atoms with Crippen LogP contribution in [0.4, 0.5) is 0 Å². The maximum atomic E-state index is 9.87. The van der Waals surface area contributed by atoms with E-state index in [-0.39, 0.29) is 6.23 Å². The van der Waals surface area contributed by atoms with Crippen LogP contribution in [-0.2, 0) is 0 Å². The number of hydrogen-bond donors (Lipinski definition) is 1. The monoisotopic (exact) mass is 212 g/mol. The molecule has 88 valence electrons. The second-order valence-corrected chi connectivity index (χ2v) is 5.37. The van der Waals surface area contributed by atoms with E-state index >= 15 is 0 Å². The van der Waals surface area contributed by atoms with E-state index in [1.165, 1.54) is 32.5 Å². The van der Waals surface area contributed by atoms with Crippen LogP contribution in [0.25, 0.3) is 0 Å². The summed E-state index contributed by atoms with van der Waals surface area (Å²) >= 11 is 0. The van der Waals surface area contributed by atoms with Gasteiger partial charge in [0.15, 0.2) is 0 Å². The molecule has 2 aliphatic rings. The molecular formula is C12H24N2O. The van der Waals surface area contributed by atoms with Crippen molar-refractivity contribution in [3.05, 3.63) is 0 Å². The standard InChI is InChI=1S/C12H24N2O/c1-10(2)14-9-11(4-5-12(14)15)8-13-6-3-7-13/h10-12,15H,3-9H2,1-2H3. The topological polar surface area (TPSA) is 26.7 Å². The molecule has 2 aliphatic heterocycles. The summed E-state index contributed by atoms with van der Waals surface area (Å²) in [6, 6.07) is 0.471. The number of nitrogens with zero attached hydrogens (tertiary/aromatic N) is 2. The fourth-order valence-electron chi connectivity index (χ4n) is 2.70.